The van der Waals surface area contributed by atoms with Crippen molar-refractivity contribution in [3.8, 4) is 0 Å². The molecule has 0 saturated carbocycles. The summed E-state index contributed by atoms with van der Waals surface area (Å²) in [5.41, 5.74) is 0. The van der Waals surface area contributed by atoms with Gasteiger partial charge in [0.05, 0.1) is 14.9 Å². The Labute approximate surface area is 166 Å². The SMILES string of the molecule is O=C(Cc1nc(CS(=O)(=O)c2cccc(Cl)c2Cl)no1)NC1CCNCC1. The largest absolute Gasteiger partial charge is 0.353 e. The van der Waals surface area contributed by atoms with Crippen LogP contribution in [0.4, 0.5) is 0 Å². The molecule has 0 bridgehead atoms. The van der Waals surface area contributed by atoms with Gasteiger partial charge in [0.2, 0.25) is 11.8 Å². The zero-order chi connectivity index (χ0) is 19.4. The molecule has 8 nitrogen and oxygen atoms in total. The second kappa shape index (κ2) is 8.55. The highest BCUT2D eigenvalue weighted by Crippen LogP contribution is 2.30. The van der Waals surface area contributed by atoms with Crippen molar-refractivity contribution in [3.05, 3.63) is 40.0 Å². The van der Waals surface area contributed by atoms with Crippen LogP contribution in [0.5, 0.6) is 0 Å². The fraction of sp³-hybridized carbons (Fsp3) is 0.438. The van der Waals surface area contributed by atoms with E-state index in [1.54, 1.807) is 0 Å². The van der Waals surface area contributed by atoms with E-state index in [9.17, 15) is 13.2 Å². The molecule has 27 heavy (non-hydrogen) atoms. The highest BCUT2D eigenvalue weighted by Gasteiger charge is 2.24. The predicted molar refractivity (Wildman–Crippen MR) is 99.4 cm³/mol. The lowest BCUT2D eigenvalue weighted by Crippen LogP contribution is -2.43. The molecule has 11 heteroatoms. The summed E-state index contributed by atoms with van der Waals surface area (Å²) in [6.45, 7) is 1.72. The van der Waals surface area contributed by atoms with Gasteiger partial charge in [-0.1, -0.05) is 34.4 Å². The first-order chi connectivity index (χ1) is 12.8. The maximum absolute atomic E-state index is 12.5. The van der Waals surface area contributed by atoms with Crippen LogP contribution in [-0.2, 0) is 26.8 Å². The van der Waals surface area contributed by atoms with Crippen molar-refractivity contribution in [2.24, 2.45) is 0 Å². The smallest absolute Gasteiger partial charge is 0.236 e. The van der Waals surface area contributed by atoms with Gasteiger partial charge < -0.3 is 15.2 Å². The second-order valence-electron chi connectivity index (χ2n) is 6.18. The summed E-state index contributed by atoms with van der Waals surface area (Å²) < 4.78 is 30.0. The zero-order valence-electron chi connectivity index (χ0n) is 14.2. The minimum Gasteiger partial charge on any atom is -0.353 e. The number of carbonyl (C=O) groups excluding carboxylic acids is 1. The second-order valence-corrected chi connectivity index (χ2v) is 8.93. The molecule has 1 fully saturated rings. The van der Waals surface area contributed by atoms with Gasteiger partial charge in [-0.3, -0.25) is 4.79 Å². The number of carbonyl (C=O) groups is 1. The summed E-state index contributed by atoms with van der Waals surface area (Å²) in [5.74, 6) is -0.732. The molecule has 1 aromatic heterocycles. The van der Waals surface area contributed by atoms with E-state index in [4.69, 9.17) is 27.7 Å². The van der Waals surface area contributed by atoms with Crippen LogP contribution >= 0.6 is 23.2 Å². The molecular weight excluding hydrogens is 415 g/mol. The average molecular weight is 433 g/mol. The third-order valence-corrected chi connectivity index (χ3v) is 6.68. The number of sulfone groups is 1. The maximum Gasteiger partial charge on any atom is 0.236 e. The lowest BCUT2D eigenvalue weighted by molar-refractivity contribution is -0.121. The predicted octanol–water partition coefficient (Wildman–Crippen LogP) is 1.76. The van der Waals surface area contributed by atoms with Gasteiger partial charge in [-0.2, -0.15) is 4.98 Å². The van der Waals surface area contributed by atoms with E-state index >= 15 is 0 Å². The van der Waals surface area contributed by atoms with Gasteiger partial charge in [0.25, 0.3) is 0 Å². The van der Waals surface area contributed by atoms with Gasteiger partial charge in [0.1, 0.15) is 12.2 Å². The number of halogens is 2. The Kier molecular flexibility index (Phi) is 6.36. The molecule has 2 heterocycles. The van der Waals surface area contributed by atoms with E-state index in [-0.39, 0.29) is 45.0 Å². The lowest BCUT2D eigenvalue weighted by Gasteiger charge is -2.23. The van der Waals surface area contributed by atoms with Crippen molar-refractivity contribution >= 4 is 38.9 Å². The summed E-state index contributed by atoms with van der Waals surface area (Å²) >= 11 is 11.8. The molecule has 1 aliphatic heterocycles. The standard InChI is InChI=1S/C16H18Cl2N4O4S/c17-11-2-1-3-12(16(11)18)27(24,25)9-13-21-15(26-22-13)8-14(23)20-10-4-6-19-7-5-10/h1-3,10,19H,4-9H2,(H,20,23). The highest BCUT2D eigenvalue weighted by atomic mass is 35.5. The van der Waals surface area contributed by atoms with Crippen molar-refractivity contribution in [2.75, 3.05) is 13.1 Å². The molecule has 0 unspecified atom stereocenters. The van der Waals surface area contributed by atoms with Crippen LogP contribution in [0.3, 0.4) is 0 Å². The van der Waals surface area contributed by atoms with Crippen LogP contribution in [0.15, 0.2) is 27.6 Å². The van der Waals surface area contributed by atoms with E-state index in [2.05, 4.69) is 20.8 Å². The minimum atomic E-state index is -3.81. The third kappa shape index (κ3) is 5.19. The average Bonchev–Trinajstić information content (AvgIpc) is 3.04. The number of nitrogens with zero attached hydrogens (tertiary/aromatic N) is 2. The molecule has 1 saturated heterocycles. The number of hydrogen-bond donors (Lipinski definition) is 2. The van der Waals surface area contributed by atoms with E-state index in [1.807, 2.05) is 0 Å². The number of amides is 1. The molecular formula is C16H18Cl2N4O4S. The monoisotopic (exact) mass is 432 g/mol. The van der Waals surface area contributed by atoms with Crippen LogP contribution in [-0.4, -0.2) is 43.6 Å². The van der Waals surface area contributed by atoms with Crippen molar-refractivity contribution in [1.82, 2.24) is 20.8 Å². The van der Waals surface area contributed by atoms with Crippen molar-refractivity contribution < 1.29 is 17.7 Å². The van der Waals surface area contributed by atoms with Gasteiger partial charge in [-0.15, -0.1) is 0 Å². The normalized spacial score (nSPS) is 15.6. The quantitative estimate of drug-likeness (QED) is 0.714. The van der Waals surface area contributed by atoms with Gasteiger partial charge in [-0.25, -0.2) is 8.42 Å². The van der Waals surface area contributed by atoms with Crippen molar-refractivity contribution in [3.63, 3.8) is 0 Å². The van der Waals surface area contributed by atoms with E-state index in [0.717, 1.165) is 25.9 Å². The molecule has 1 amide bonds. The Morgan fingerprint density at radius 3 is 2.78 bits per heavy atom. The van der Waals surface area contributed by atoms with Crippen LogP contribution in [0.1, 0.15) is 24.6 Å². The van der Waals surface area contributed by atoms with Crippen LogP contribution in [0.25, 0.3) is 0 Å². The molecule has 0 atom stereocenters. The van der Waals surface area contributed by atoms with E-state index in [1.165, 1.54) is 18.2 Å². The Hall–Kier alpha value is -1.68. The van der Waals surface area contributed by atoms with E-state index in [0.29, 0.717) is 0 Å². The summed E-state index contributed by atoms with van der Waals surface area (Å²) in [4.78, 5) is 16.0. The van der Waals surface area contributed by atoms with Crippen LogP contribution in [0.2, 0.25) is 10.0 Å². The molecule has 0 radical (unpaired) electrons. The van der Waals surface area contributed by atoms with E-state index < -0.39 is 15.6 Å². The molecule has 1 aromatic carbocycles. The maximum atomic E-state index is 12.5. The summed E-state index contributed by atoms with van der Waals surface area (Å²) in [7, 11) is -3.81. The van der Waals surface area contributed by atoms with Gasteiger partial charge in [0, 0.05) is 6.04 Å². The van der Waals surface area contributed by atoms with Gasteiger partial charge in [0.15, 0.2) is 15.7 Å². The molecule has 0 spiro atoms. The highest BCUT2D eigenvalue weighted by molar-refractivity contribution is 7.90. The Balaban J connectivity index is 1.63. The first-order valence-electron chi connectivity index (χ1n) is 8.33. The Morgan fingerprint density at radius 2 is 2.04 bits per heavy atom. The number of aromatic nitrogens is 2. The number of hydrogen-bond acceptors (Lipinski definition) is 7. The third-order valence-electron chi connectivity index (χ3n) is 4.10. The first-order valence-corrected chi connectivity index (χ1v) is 10.7. The van der Waals surface area contributed by atoms with Gasteiger partial charge >= 0.3 is 0 Å². The Morgan fingerprint density at radius 1 is 1.30 bits per heavy atom. The van der Waals surface area contributed by atoms with Crippen molar-refractivity contribution in [1.29, 1.82) is 0 Å². The number of rotatable bonds is 6. The lowest BCUT2D eigenvalue weighted by atomic mass is 10.1. The zero-order valence-corrected chi connectivity index (χ0v) is 16.6. The number of piperidine rings is 1. The molecule has 0 aliphatic carbocycles. The minimum absolute atomic E-state index is 0.0456. The summed E-state index contributed by atoms with van der Waals surface area (Å²) in [6, 6.07) is 4.47. The number of benzene rings is 1. The summed E-state index contributed by atoms with van der Waals surface area (Å²) in [6.07, 6.45) is 1.62. The fourth-order valence-electron chi connectivity index (χ4n) is 2.77. The van der Waals surface area contributed by atoms with Crippen molar-refractivity contribution in [2.45, 2.75) is 36.0 Å². The molecule has 3 rings (SSSR count). The Bertz CT molecular complexity index is 926. The molecule has 2 N–H and O–H groups in total. The van der Waals surface area contributed by atoms with Crippen LogP contribution in [0, 0.1) is 0 Å². The van der Waals surface area contributed by atoms with Crippen LogP contribution < -0.4 is 10.6 Å². The summed E-state index contributed by atoms with van der Waals surface area (Å²) in [5, 5.41) is 9.86. The number of nitrogens with one attached hydrogen (secondary N) is 2. The molecule has 146 valence electrons. The fourth-order valence-corrected chi connectivity index (χ4v) is 4.77. The molecule has 1 aliphatic rings. The first kappa shape index (κ1) is 20.1. The molecule has 2 aromatic rings. The topological polar surface area (TPSA) is 114 Å². The van der Waals surface area contributed by atoms with Gasteiger partial charge in [-0.05, 0) is 38.1 Å².